The van der Waals surface area contributed by atoms with Gasteiger partial charge >= 0.3 is 0 Å². The van der Waals surface area contributed by atoms with Gasteiger partial charge in [0.2, 0.25) is 0 Å². The summed E-state index contributed by atoms with van der Waals surface area (Å²) in [5.74, 6) is 1.24. The SMILES string of the molecule is Nc1nn(-c2nccc3ccccc23)cc1Br. The standard InChI is InChI=1S/C12H9BrN4/c13-10-7-17(16-11(10)14)12-9-4-2-1-3-8(9)5-6-15-12/h1-7H,(H2,14,16). The van der Waals surface area contributed by atoms with Crippen molar-refractivity contribution in [1.82, 2.24) is 14.8 Å². The Morgan fingerprint density at radius 1 is 1.18 bits per heavy atom. The topological polar surface area (TPSA) is 56.7 Å². The average molecular weight is 289 g/mol. The first kappa shape index (κ1) is 10.3. The van der Waals surface area contributed by atoms with Crippen LogP contribution in [0.2, 0.25) is 0 Å². The molecule has 2 heterocycles. The van der Waals surface area contributed by atoms with Crippen LogP contribution in [0.1, 0.15) is 0 Å². The predicted octanol–water partition coefficient (Wildman–Crippen LogP) is 2.77. The van der Waals surface area contributed by atoms with Gasteiger partial charge in [-0.25, -0.2) is 9.67 Å². The first-order chi connectivity index (χ1) is 8.25. The minimum atomic E-state index is 0.458. The van der Waals surface area contributed by atoms with E-state index >= 15 is 0 Å². The van der Waals surface area contributed by atoms with Gasteiger partial charge in [0.15, 0.2) is 11.6 Å². The molecule has 0 saturated heterocycles. The molecular formula is C12H9BrN4. The van der Waals surface area contributed by atoms with E-state index in [-0.39, 0.29) is 0 Å². The van der Waals surface area contributed by atoms with Gasteiger partial charge in [-0.3, -0.25) is 0 Å². The minimum absolute atomic E-state index is 0.458. The third-order valence-corrected chi connectivity index (χ3v) is 3.18. The van der Waals surface area contributed by atoms with Crippen molar-refractivity contribution in [2.45, 2.75) is 0 Å². The van der Waals surface area contributed by atoms with Gasteiger partial charge in [0.05, 0.1) is 4.47 Å². The molecule has 4 nitrogen and oxygen atoms in total. The Morgan fingerprint density at radius 2 is 2.00 bits per heavy atom. The van der Waals surface area contributed by atoms with Gasteiger partial charge in [0.25, 0.3) is 0 Å². The molecule has 3 rings (SSSR count). The van der Waals surface area contributed by atoms with Crippen molar-refractivity contribution in [2.24, 2.45) is 0 Å². The van der Waals surface area contributed by atoms with E-state index in [0.717, 1.165) is 21.1 Å². The van der Waals surface area contributed by atoms with Crippen LogP contribution in [-0.4, -0.2) is 14.8 Å². The van der Waals surface area contributed by atoms with E-state index in [4.69, 9.17) is 5.73 Å². The van der Waals surface area contributed by atoms with E-state index in [1.807, 2.05) is 36.5 Å². The lowest BCUT2D eigenvalue weighted by molar-refractivity contribution is 0.860. The third kappa shape index (κ3) is 1.68. The molecule has 0 spiro atoms. The van der Waals surface area contributed by atoms with Crippen molar-refractivity contribution >= 4 is 32.5 Å². The molecule has 0 aliphatic rings. The number of fused-ring (bicyclic) bond motifs is 1. The van der Waals surface area contributed by atoms with Crippen LogP contribution >= 0.6 is 15.9 Å². The number of benzene rings is 1. The molecule has 5 heteroatoms. The van der Waals surface area contributed by atoms with Crippen LogP contribution in [0.5, 0.6) is 0 Å². The zero-order valence-corrected chi connectivity index (χ0v) is 10.4. The van der Waals surface area contributed by atoms with E-state index in [1.165, 1.54) is 0 Å². The van der Waals surface area contributed by atoms with E-state index in [2.05, 4.69) is 26.0 Å². The summed E-state index contributed by atoms with van der Waals surface area (Å²) < 4.78 is 2.45. The van der Waals surface area contributed by atoms with Gasteiger partial charge in [-0.15, -0.1) is 5.10 Å². The van der Waals surface area contributed by atoms with Crippen molar-refractivity contribution in [1.29, 1.82) is 0 Å². The van der Waals surface area contributed by atoms with E-state index in [9.17, 15) is 0 Å². The first-order valence-corrected chi connectivity index (χ1v) is 5.90. The third-order valence-electron chi connectivity index (χ3n) is 2.57. The molecule has 0 aliphatic carbocycles. The quantitative estimate of drug-likeness (QED) is 0.749. The lowest BCUT2D eigenvalue weighted by Gasteiger charge is -2.04. The highest BCUT2D eigenvalue weighted by Gasteiger charge is 2.08. The number of halogens is 1. The number of nitrogen functional groups attached to an aromatic ring is 1. The van der Waals surface area contributed by atoms with Crippen molar-refractivity contribution in [3.05, 3.63) is 47.2 Å². The maximum Gasteiger partial charge on any atom is 0.161 e. The molecule has 0 fully saturated rings. The summed E-state index contributed by atoms with van der Waals surface area (Å²) >= 11 is 3.34. The maximum atomic E-state index is 5.72. The van der Waals surface area contributed by atoms with Crippen molar-refractivity contribution < 1.29 is 0 Å². The second kappa shape index (κ2) is 3.85. The van der Waals surface area contributed by atoms with Crippen molar-refractivity contribution in [3.63, 3.8) is 0 Å². The number of nitrogens with zero attached hydrogens (tertiary/aromatic N) is 3. The highest BCUT2D eigenvalue weighted by Crippen LogP contribution is 2.23. The van der Waals surface area contributed by atoms with Crippen LogP contribution in [0.4, 0.5) is 5.82 Å². The number of anilines is 1. The fraction of sp³-hybridized carbons (Fsp3) is 0. The van der Waals surface area contributed by atoms with E-state index in [1.54, 1.807) is 10.9 Å². The summed E-state index contributed by atoms with van der Waals surface area (Å²) in [7, 11) is 0. The Hall–Kier alpha value is -1.88. The number of aromatic nitrogens is 3. The smallest absolute Gasteiger partial charge is 0.161 e. The number of nitrogens with two attached hydrogens (primary N) is 1. The second-order valence-corrected chi connectivity index (χ2v) is 4.52. The molecule has 0 saturated carbocycles. The van der Waals surface area contributed by atoms with Crippen LogP contribution in [0.3, 0.4) is 0 Å². The molecule has 0 unspecified atom stereocenters. The molecule has 0 amide bonds. The lowest BCUT2D eigenvalue weighted by Crippen LogP contribution is -1.99. The highest BCUT2D eigenvalue weighted by molar-refractivity contribution is 9.10. The van der Waals surface area contributed by atoms with Gasteiger partial charge in [-0.05, 0) is 27.4 Å². The number of pyridine rings is 1. The molecule has 3 aromatic rings. The molecule has 2 N–H and O–H groups in total. The molecule has 1 aromatic carbocycles. The Labute approximate surface area is 106 Å². The summed E-state index contributed by atoms with van der Waals surface area (Å²) in [5, 5.41) is 6.39. The number of hydrogen-bond acceptors (Lipinski definition) is 3. The molecule has 0 radical (unpaired) electrons. The normalized spacial score (nSPS) is 10.9. The van der Waals surface area contributed by atoms with Crippen LogP contribution in [-0.2, 0) is 0 Å². The Kier molecular flexibility index (Phi) is 2.33. The van der Waals surface area contributed by atoms with Crippen LogP contribution < -0.4 is 5.73 Å². The summed E-state index contributed by atoms with van der Waals surface area (Å²) in [5.41, 5.74) is 5.72. The fourth-order valence-corrected chi connectivity index (χ4v) is 2.03. The van der Waals surface area contributed by atoms with Crippen molar-refractivity contribution in [3.8, 4) is 5.82 Å². The Morgan fingerprint density at radius 3 is 2.76 bits per heavy atom. The summed E-state index contributed by atoms with van der Waals surface area (Å²) in [6.07, 6.45) is 3.58. The lowest BCUT2D eigenvalue weighted by atomic mass is 10.2. The molecule has 17 heavy (non-hydrogen) atoms. The molecular weight excluding hydrogens is 280 g/mol. The highest BCUT2D eigenvalue weighted by atomic mass is 79.9. The largest absolute Gasteiger partial charge is 0.381 e. The zero-order valence-electron chi connectivity index (χ0n) is 8.84. The van der Waals surface area contributed by atoms with Crippen molar-refractivity contribution in [2.75, 3.05) is 5.73 Å². The van der Waals surface area contributed by atoms with Crippen LogP contribution in [0.15, 0.2) is 47.2 Å². The van der Waals surface area contributed by atoms with E-state index in [0.29, 0.717) is 5.82 Å². The second-order valence-electron chi connectivity index (χ2n) is 3.66. The number of rotatable bonds is 1. The van der Waals surface area contributed by atoms with E-state index < -0.39 is 0 Å². The molecule has 0 bridgehead atoms. The Bertz CT molecular complexity index is 665. The summed E-state index contributed by atoms with van der Waals surface area (Å²) in [6.45, 7) is 0. The van der Waals surface area contributed by atoms with Gasteiger partial charge in [-0.2, -0.15) is 0 Å². The first-order valence-electron chi connectivity index (χ1n) is 5.10. The van der Waals surface area contributed by atoms with Crippen LogP contribution in [0, 0.1) is 0 Å². The van der Waals surface area contributed by atoms with Gasteiger partial charge in [0, 0.05) is 17.8 Å². The van der Waals surface area contributed by atoms with Gasteiger partial charge < -0.3 is 5.73 Å². The average Bonchev–Trinajstić information content (AvgIpc) is 2.69. The van der Waals surface area contributed by atoms with Crippen LogP contribution in [0.25, 0.3) is 16.6 Å². The molecule has 2 aromatic heterocycles. The predicted molar refractivity (Wildman–Crippen MR) is 71.0 cm³/mol. The molecule has 0 aliphatic heterocycles. The zero-order chi connectivity index (χ0) is 11.8. The fourth-order valence-electron chi connectivity index (χ4n) is 1.76. The molecule has 84 valence electrons. The molecule has 0 atom stereocenters. The van der Waals surface area contributed by atoms with Gasteiger partial charge in [0.1, 0.15) is 0 Å². The maximum absolute atomic E-state index is 5.72. The monoisotopic (exact) mass is 288 g/mol. The summed E-state index contributed by atoms with van der Waals surface area (Å²) in [6, 6.07) is 10.0. The van der Waals surface area contributed by atoms with Gasteiger partial charge in [-0.1, -0.05) is 24.3 Å². The Balaban J connectivity index is 2.30. The minimum Gasteiger partial charge on any atom is -0.381 e. The summed E-state index contributed by atoms with van der Waals surface area (Å²) in [4.78, 5) is 4.36. The number of hydrogen-bond donors (Lipinski definition) is 1.